The number of carbonyl (C=O) groups excluding carboxylic acids is 1. The summed E-state index contributed by atoms with van der Waals surface area (Å²) in [6.07, 6.45) is 1.47. The highest BCUT2D eigenvalue weighted by Crippen LogP contribution is 2.17. The van der Waals surface area contributed by atoms with Gasteiger partial charge in [-0.1, -0.05) is 11.6 Å². The van der Waals surface area contributed by atoms with Crippen LogP contribution in [-0.2, 0) is 4.79 Å². The van der Waals surface area contributed by atoms with E-state index in [-0.39, 0.29) is 22.5 Å². The van der Waals surface area contributed by atoms with E-state index < -0.39 is 6.04 Å². The predicted octanol–water partition coefficient (Wildman–Crippen LogP) is 1.76. The molecular formula is C13H21ClN4O2. The first kappa shape index (κ1) is 16.5. The summed E-state index contributed by atoms with van der Waals surface area (Å²) >= 11 is 6.04. The lowest BCUT2D eigenvalue weighted by atomic mass is 10.2. The van der Waals surface area contributed by atoms with Crippen molar-refractivity contribution in [2.75, 3.05) is 18.9 Å². The van der Waals surface area contributed by atoms with Crippen LogP contribution in [0.1, 0.15) is 33.7 Å². The van der Waals surface area contributed by atoms with E-state index in [1.807, 2.05) is 20.8 Å². The van der Waals surface area contributed by atoms with Gasteiger partial charge in [-0.05, 0) is 27.7 Å². The maximum Gasteiger partial charge on any atom is 0.287 e. The third-order valence-corrected chi connectivity index (χ3v) is 3.39. The van der Waals surface area contributed by atoms with Gasteiger partial charge >= 0.3 is 0 Å². The van der Waals surface area contributed by atoms with Crippen LogP contribution in [0.4, 0.5) is 5.69 Å². The second-order valence-corrected chi connectivity index (χ2v) is 5.31. The van der Waals surface area contributed by atoms with Crippen molar-refractivity contribution in [3.05, 3.63) is 21.6 Å². The number of nitrogens with one attached hydrogen (secondary N) is 1. The Balaban J connectivity index is 2.97. The molecule has 1 heterocycles. The fourth-order valence-electron chi connectivity index (χ4n) is 1.69. The van der Waals surface area contributed by atoms with Crippen molar-refractivity contribution in [1.29, 1.82) is 0 Å². The molecule has 1 rings (SSSR count). The number of amides is 1. The number of rotatable bonds is 5. The highest BCUT2D eigenvalue weighted by molar-refractivity contribution is 6.33. The lowest BCUT2D eigenvalue weighted by Gasteiger charge is -2.21. The summed E-state index contributed by atoms with van der Waals surface area (Å²) in [5.74, 6) is -0.0726. The van der Waals surface area contributed by atoms with Crippen LogP contribution in [0.5, 0.6) is 0 Å². The molecule has 0 aromatic carbocycles. The zero-order chi connectivity index (χ0) is 15.4. The van der Waals surface area contributed by atoms with Crippen molar-refractivity contribution in [3.63, 3.8) is 0 Å². The van der Waals surface area contributed by atoms with E-state index in [1.54, 1.807) is 18.9 Å². The number of hydrogen-bond acceptors (Lipinski definition) is 4. The topological polar surface area (TPSA) is 67.2 Å². The zero-order valence-electron chi connectivity index (χ0n) is 12.5. The second kappa shape index (κ2) is 6.74. The smallest absolute Gasteiger partial charge is 0.287 e. The van der Waals surface area contributed by atoms with E-state index >= 15 is 0 Å². The first-order valence-electron chi connectivity index (χ1n) is 6.58. The minimum Gasteiger partial charge on any atom is -0.371 e. The Hall–Kier alpha value is -1.56. The van der Waals surface area contributed by atoms with E-state index in [2.05, 4.69) is 10.4 Å². The number of carbonyl (C=O) groups is 1. The van der Waals surface area contributed by atoms with Gasteiger partial charge in [0, 0.05) is 13.6 Å². The summed E-state index contributed by atoms with van der Waals surface area (Å²) in [7, 11) is 1.72. The third-order valence-electron chi connectivity index (χ3n) is 3.03. The molecule has 1 atom stereocenters. The number of nitrogens with zero attached hydrogens (tertiary/aromatic N) is 3. The van der Waals surface area contributed by atoms with Crippen molar-refractivity contribution in [1.82, 2.24) is 14.7 Å². The number of hydrogen-bond donors (Lipinski definition) is 1. The van der Waals surface area contributed by atoms with Crippen LogP contribution in [-0.4, -0.2) is 40.2 Å². The van der Waals surface area contributed by atoms with Gasteiger partial charge in [0.15, 0.2) is 0 Å². The van der Waals surface area contributed by atoms with Gasteiger partial charge in [-0.3, -0.25) is 9.59 Å². The van der Waals surface area contributed by atoms with Crippen LogP contribution in [0.3, 0.4) is 0 Å². The zero-order valence-corrected chi connectivity index (χ0v) is 13.2. The first-order chi connectivity index (χ1) is 9.29. The SMILES string of the molecule is CCN(C)C(=O)C(C)Nc1cnn(C(C)C)c(=O)c1Cl. The summed E-state index contributed by atoms with van der Waals surface area (Å²) in [6.45, 7) is 7.92. The Labute approximate surface area is 123 Å². The Morgan fingerprint density at radius 3 is 2.60 bits per heavy atom. The van der Waals surface area contributed by atoms with Gasteiger partial charge in [0.05, 0.1) is 17.9 Å². The van der Waals surface area contributed by atoms with E-state index in [9.17, 15) is 9.59 Å². The summed E-state index contributed by atoms with van der Waals surface area (Å²) in [6, 6.07) is -0.548. The molecule has 112 valence electrons. The molecule has 1 aromatic rings. The van der Waals surface area contributed by atoms with Crippen molar-refractivity contribution in [3.8, 4) is 0 Å². The standard InChI is InChI=1S/C13H21ClN4O2/c1-6-17(5)12(19)9(4)16-10-7-15-18(8(2)3)13(20)11(10)14/h7-9,16H,6H2,1-5H3. The minimum atomic E-state index is -0.478. The Kier molecular flexibility index (Phi) is 5.56. The summed E-state index contributed by atoms with van der Waals surface area (Å²) in [4.78, 5) is 25.6. The highest BCUT2D eigenvalue weighted by Gasteiger charge is 2.19. The van der Waals surface area contributed by atoms with Gasteiger partial charge in [-0.2, -0.15) is 5.10 Å². The molecule has 1 amide bonds. The quantitative estimate of drug-likeness (QED) is 0.900. The van der Waals surface area contributed by atoms with Crippen LogP contribution in [0.15, 0.2) is 11.0 Å². The summed E-state index contributed by atoms with van der Waals surface area (Å²) < 4.78 is 1.30. The number of aromatic nitrogens is 2. The fourth-order valence-corrected chi connectivity index (χ4v) is 1.88. The van der Waals surface area contributed by atoms with Gasteiger partial charge in [0.25, 0.3) is 5.56 Å². The van der Waals surface area contributed by atoms with E-state index in [4.69, 9.17) is 11.6 Å². The molecule has 0 spiro atoms. The van der Waals surface area contributed by atoms with Crippen LogP contribution < -0.4 is 10.9 Å². The van der Waals surface area contributed by atoms with Crippen LogP contribution in [0.2, 0.25) is 5.02 Å². The lowest BCUT2D eigenvalue weighted by molar-refractivity contribution is -0.130. The number of likely N-dealkylation sites (N-methyl/N-ethyl adjacent to an activating group) is 1. The molecule has 0 aliphatic heterocycles. The number of halogens is 1. The number of anilines is 1. The van der Waals surface area contributed by atoms with Crippen molar-refractivity contribution in [2.45, 2.75) is 39.8 Å². The summed E-state index contributed by atoms with van der Waals surface area (Å²) in [5.41, 5.74) is 0.00841. The molecule has 0 aliphatic rings. The molecule has 1 unspecified atom stereocenters. The van der Waals surface area contributed by atoms with Gasteiger partial charge in [-0.25, -0.2) is 4.68 Å². The predicted molar refractivity (Wildman–Crippen MR) is 80.3 cm³/mol. The molecule has 6 nitrogen and oxygen atoms in total. The maximum absolute atomic E-state index is 12.0. The Morgan fingerprint density at radius 2 is 2.10 bits per heavy atom. The minimum absolute atomic E-state index is 0.0486. The van der Waals surface area contributed by atoms with Crippen molar-refractivity contribution in [2.24, 2.45) is 0 Å². The van der Waals surface area contributed by atoms with Crippen LogP contribution in [0, 0.1) is 0 Å². The van der Waals surface area contributed by atoms with E-state index in [1.165, 1.54) is 10.9 Å². The Bertz CT molecular complexity index is 542. The van der Waals surface area contributed by atoms with Crippen LogP contribution >= 0.6 is 11.6 Å². The van der Waals surface area contributed by atoms with Gasteiger partial charge in [0.2, 0.25) is 5.91 Å². The maximum atomic E-state index is 12.0. The molecule has 20 heavy (non-hydrogen) atoms. The molecule has 7 heteroatoms. The van der Waals surface area contributed by atoms with E-state index in [0.29, 0.717) is 12.2 Å². The van der Waals surface area contributed by atoms with Gasteiger partial charge < -0.3 is 10.2 Å². The highest BCUT2D eigenvalue weighted by atomic mass is 35.5. The molecule has 0 radical (unpaired) electrons. The van der Waals surface area contributed by atoms with Crippen molar-refractivity contribution < 1.29 is 4.79 Å². The van der Waals surface area contributed by atoms with Crippen LogP contribution in [0.25, 0.3) is 0 Å². The average molecular weight is 301 g/mol. The molecule has 0 saturated carbocycles. The molecule has 0 aliphatic carbocycles. The summed E-state index contributed by atoms with van der Waals surface area (Å²) in [5, 5.41) is 7.03. The lowest BCUT2D eigenvalue weighted by Crippen LogP contribution is -2.39. The van der Waals surface area contributed by atoms with Crippen molar-refractivity contribution >= 4 is 23.2 Å². The fraction of sp³-hybridized carbons (Fsp3) is 0.615. The normalized spacial score (nSPS) is 12.3. The molecule has 0 fully saturated rings. The molecular weight excluding hydrogens is 280 g/mol. The average Bonchev–Trinajstić information content (AvgIpc) is 2.41. The Morgan fingerprint density at radius 1 is 1.50 bits per heavy atom. The molecule has 1 aromatic heterocycles. The molecule has 1 N–H and O–H groups in total. The molecule has 0 bridgehead atoms. The van der Waals surface area contributed by atoms with Gasteiger partial charge in [-0.15, -0.1) is 0 Å². The molecule has 0 saturated heterocycles. The third kappa shape index (κ3) is 3.50. The van der Waals surface area contributed by atoms with Gasteiger partial charge in [0.1, 0.15) is 11.1 Å². The first-order valence-corrected chi connectivity index (χ1v) is 6.96. The van der Waals surface area contributed by atoms with E-state index in [0.717, 1.165) is 0 Å². The monoisotopic (exact) mass is 300 g/mol. The largest absolute Gasteiger partial charge is 0.371 e. The second-order valence-electron chi connectivity index (χ2n) is 4.93.